The third kappa shape index (κ3) is 4.91. The number of nitrogens with zero attached hydrogens (tertiary/aromatic N) is 4. The second kappa shape index (κ2) is 10.1. The minimum absolute atomic E-state index is 0.0167. The Morgan fingerprint density at radius 1 is 1.37 bits per heavy atom. The number of nitrogens with one attached hydrogen (secondary N) is 1. The Kier molecular flexibility index (Phi) is 6.77. The topological polar surface area (TPSA) is 104 Å². The van der Waals surface area contributed by atoms with Gasteiger partial charge in [0.2, 0.25) is 0 Å². The van der Waals surface area contributed by atoms with Gasteiger partial charge >= 0.3 is 0 Å². The number of benzene rings is 1. The molecule has 2 aliphatic heterocycles. The summed E-state index contributed by atoms with van der Waals surface area (Å²) in [7, 11) is 1.40. The van der Waals surface area contributed by atoms with Crippen molar-refractivity contribution in [2.75, 3.05) is 33.4 Å². The van der Waals surface area contributed by atoms with Gasteiger partial charge in [-0.05, 0) is 48.2 Å². The van der Waals surface area contributed by atoms with Gasteiger partial charge in [-0.15, -0.1) is 0 Å². The Morgan fingerprint density at radius 3 is 3.06 bits per heavy atom. The Labute approximate surface area is 203 Å². The quantitative estimate of drug-likeness (QED) is 0.535. The van der Waals surface area contributed by atoms with Gasteiger partial charge in [0.1, 0.15) is 11.8 Å². The molecule has 2 atom stereocenters. The number of piperidine rings is 1. The van der Waals surface area contributed by atoms with Crippen LogP contribution in [0.25, 0.3) is 11.0 Å². The van der Waals surface area contributed by atoms with E-state index in [0.29, 0.717) is 48.5 Å². The molecule has 0 spiro atoms. The lowest BCUT2D eigenvalue weighted by Crippen LogP contribution is -2.52. The number of pyridine rings is 2. The van der Waals surface area contributed by atoms with Crippen molar-refractivity contribution in [2.24, 2.45) is 0 Å². The van der Waals surface area contributed by atoms with Crippen molar-refractivity contribution in [3.63, 3.8) is 0 Å². The van der Waals surface area contributed by atoms with Crippen molar-refractivity contribution >= 4 is 11.0 Å². The summed E-state index contributed by atoms with van der Waals surface area (Å²) in [4.78, 5) is 10.8. The van der Waals surface area contributed by atoms with Gasteiger partial charge in [0.25, 0.3) is 5.88 Å². The molecule has 0 bridgehead atoms. The number of ether oxygens (including phenoxy) is 2. The SMILES string of the molecule is COc1nc2c(CCN3CC[C@H](NCc4cc(C#N)c5c(c4)CCO5)[C@H](O)C3)ccnc2cc1F. The molecule has 0 aliphatic carbocycles. The molecule has 3 aromatic rings. The molecule has 1 aromatic carbocycles. The van der Waals surface area contributed by atoms with Crippen LogP contribution in [0.1, 0.15) is 28.7 Å². The summed E-state index contributed by atoms with van der Waals surface area (Å²) in [5.74, 6) is 0.150. The van der Waals surface area contributed by atoms with Crippen LogP contribution in [0.5, 0.6) is 11.6 Å². The molecule has 9 heteroatoms. The molecule has 0 amide bonds. The first-order valence-corrected chi connectivity index (χ1v) is 11.9. The molecule has 0 unspecified atom stereocenters. The van der Waals surface area contributed by atoms with Crippen LogP contribution < -0.4 is 14.8 Å². The third-order valence-electron chi connectivity index (χ3n) is 6.81. The minimum atomic E-state index is -0.528. The summed E-state index contributed by atoms with van der Waals surface area (Å²) in [6.07, 6.45) is 3.51. The minimum Gasteiger partial charge on any atom is -0.492 e. The van der Waals surface area contributed by atoms with Crippen LogP contribution in [0.4, 0.5) is 4.39 Å². The predicted octanol–water partition coefficient (Wildman–Crippen LogP) is 2.35. The lowest BCUT2D eigenvalue weighted by Gasteiger charge is -2.36. The van der Waals surface area contributed by atoms with E-state index in [1.165, 1.54) is 13.2 Å². The van der Waals surface area contributed by atoms with Crippen molar-refractivity contribution in [2.45, 2.75) is 38.0 Å². The molecule has 2 N–H and O–H groups in total. The van der Waals surface area contributed by atoms with Gasteiger partial charge in [0.05, 0.1) is 36.4 Å². The monoisotopic (exact) mass is 477 g/mol. The maximum Gasteiger partial charge on any atom is 0.250 e. The van der Waals surface area contributed by atoms with Crippen LogP contribution in [0.3, 0.4) is 0 Å². The highest BCUT2D eigenvalue weighted by Crippen LogP contribution is 2.30. The van der Waals surface area contributed by atoms with E-state index in [1.54, 1.807) is 6.20 Å². The molecule has 1 saturated heterocycles. The molecule has 5 rings (SSSR count). The van der Waals surface area contributed by atoms with E-state index in [4.69, 9.17) is 9.47 Å². The number of aromatic nitrogens is 2. The average Bonchev–Trinajstić information content (AvgIpc) is 3.34. The largest absolute Gasteiger partial charge is 0.492 e. The maximum absolute atomic E-state index is 14.0. The van der Waals surface area contributed by atoms with Gasteiger partial charge in [-0.1, -0.05) is 6.07 Å². The van der Waals surface area contributed by atoms with E-state index in [0.717, 1.165) is 42.6 Å². The predicted molar refractivity (Wildman–Crippen MR) is 128 cm³/mol. The van der Waals surface area contributed by atoms with Gasteiger partial charge in [-0.2, -0.15) is 5.26 Å². The molecule has 1 fully saturated rings. The molecular weight excluding hydrogens is 449 g/mol. The smallest absolute Gasteiger partial charge is 0.250 e. The lowest BCUT2D eigenvalue weighted by atomic mass is 9.99. The Hall–Kier alpha value is -3.32. The zero-order valence-corrected chi connectivity index (χ0v) is 19.6. The fraction of sp³-hybridized carbons (Fsp3) is 0.423. The molecule has 2 aliphatic rings. The van der Waals surface area contributed by atoms with Crippen LogP contribution in [-0.2, 0) is 19.4 Å². The van der Waals surface area contributed by atoms with Crippen molar-refractivity contribution in [3.8, 4) is 17.7 Å². The van der Waals surface area contributed by atoms with E-state index in [9.17, 15) is 14.8 Å². The molecule has 8 nitrogen and oxygen atoms in total. The number of aliphatic hydroxyl groups excluding tert-OH is 1. The molecule has 0 saturated carbocycles. The van der Waals surface area contributed by atoms with Gasteiger partial charge < -0.3 is 24.8 Å². The first-order valence-electron chi connectivity index (χ1n) is 11.9. The van der Waals surface area contributed by atoms with Crippen LogP contribution in [0.15, 0.2) is 30.5 Å². The van der Waals surface area contributed by atoms with E-state index in [-0.39, 0.29) is 11.9 Å². The molecular formula is C26H28FN5O3. The fourth-order valence-corrected chi connectivity index (χ4v) is 4.95. The zero-order chi connectivity index (χ0) is 24.4. The highest BCUT2D eigenvalue weighted by molar-refractivity contribution is 5.78. The summed E-state index contributed by atoms with van der Waals surface area (Å²) in [5, 5.41) is 23.7. The number of hydrogen-bond donors (Lipinski definition) is 2. The Balaban J connectivity index is 1.17. The van der Waals surface area contributed by atoms with Crippen molar-refractivity contribution in [3.05, 3.63) is 58.5 Å². The number of hydrogen-bond acceptors (Lipinski definition) is 8. The summed E-state index contributed by atoms with van der Waals surface area (Å²) >= 11 is 0. The van der Waals surface area contributed by atoms with E-state index in [2.05, 4.69) is 32.3 Å². The second-order valence-electron chi connectivity index (χ2n) is 9.05. The normalized spacial score (nSPS) is 19.8. The summed E-state index contributed by atoms with van der Waals surface area (Å²) < 4.78 is 24.6. The van der Waals surface area contributed by atoms with Crippen LogP contribution in [-0.4, -0.2) is 65.5 Å². The van der Waals surface area contributed by atoms with Crippen LogP contribution in [0.2, 0.25) is 0 Å². The van der Waals surface area contributed by atoms with Crippen molar-refractivity contribution in [1.29, 1.82) is 5.26 Å². The highest BCUT2D eigenvalue weighted by atomic mass is 19.1. The highest BCUT2D eigenvalue weighted by Gasteiger charge is 2.27. The van der Waals surface area contributed by atoms with Crippen molar-refractivity contribution < 1.29 is 19.0 Å². The first-order chi connectivity index (χ1) is 17.1. The van der Waals surface area contributed by atoms with E-state index >= 15 is 0 Å². The molecule has 4 heterocycles. The zero-order valence-electron chi connectivity index (χ0n) is 19.6. The second-order valence-corrected chi connectivity index (χ2v) is 9.05. The summed E-state index contributed by atoms with van der Waals surface area (Å²) in [6.45, 7) is 3.38. The maximum atomic E-state index is 14.0. The van der Waals surface area contributed by atoms with Crippen molar-refractivity contribution in [1.82, 2.24) is 20.2 Å². The van der Waals surface area contributed by atoms with E-state index < -0.39 is 11.9 Å². The first kappa shape index (κ1) is 23.4. The summed E-state index contributed by atoms with van der Waals surface area (Å²) in [5.41, 5.74) is 4.79. The number of halogens is 1. The van der Waals surface area contributed by atoms with Gasteiger partial charge in [-0.3, -0.25) is 4.98 Å². The Morgan fingerprint density at radius 2 is 2.26 bits per heavy atom. The number of rotatable bonds is 7. The standard InChI is InChI=1S/C26H28FN5O3/c1-34-26-20(27)12-22-24(31-26)17(2-6-29-22)3-7-32-8-4-21(23(33)15-32)30-14-16-10-18-5-9-35-25(18)19(11-16)13-28/h2,6,10-12,21,23,30,33H,3-5,7-9,14-15H2,1H3/t21-,23+/m0/s1. The lowest BCUT2D eigenvalue weighted by molar-refractivity contribution is 0.0404. The number of aliphatic hydroxyl groups is 1. The molecule has 0 radical (unpaired) electrons. The van der Waals surface area contributed by atoms with Gasteiger partial charge in [0.15, 0.2) is 5.82 Å². The third-order valence-corrected chi connectivity index (χ3v) is 6.81. The number of nitriles is 1. The fourth-order valence-electron chi connectivity index (χ4n) is 4.95. The van der Waals surface area contributed by atoms with Crippen LogP contribution in [0, 0.1) is 17.1 Å². The van der Waals surface area contributed by atoms with E-state index in [1.807, 2.05) is 12.1 Å². The molecule has 182 valence electrons. The summed E-state index contributed by atoms with van der Waals surface area (Å²) in [6, 6.07) is 9.41. The number of methoxy groups -OCH3 is 1. The van der Waals surface area contributed by atoms with Crippen LogP contribution >= 0.6 is 0 Å². The molecule has 35 heavy (non-hydrogen) atoms. The average molecular weight is 478 g/mol. The number of β-amino-alcohol motifs (C(OH)–C–C–N with tert-alkyl or cyclic N) is 1. The van der Waals surface area contributed by atoms with Gasteiger partial charge in [0, 0.05) is 44.4 Å². The molecule has 2 aromatic heterocycles. The van der Waals surface area contributed by atoms with Gasteiger partial charge in [-0.25, -0.2) is 9.37 Å². The number of likely N-dealkylation sites (tertiary alicyclic amines) is 1. The Bertz CT molecular complexity index is 1280. The number of fused-ring (bicyclic) bond motifs is 2.